The fourth-order valence-corrected chi connectivity index (χ4v) is 2.83. The van der Waals surface area contributed by atoms with E-state index >= 15 is 0 Å². The molecule has 1 unspecified atom stereocenters. The van der Waals surface area contributed by atoms with Crippen LogP contribution in [0, 0.1) is 13.8 Å². The lowest BCUT2D eigenvalue weighted by Crippen LogP contribution is -2.00. The summed E-state index contributed by atoms with van der Waals surface area (Å²) >= 11 is 7.36. The van der Waals surface area contributed by atoms with Gasteiger partial charge in [-0.25, -0.2) is 0 Å². The van der Waals surface area contributed by atoms with Crippen LogP contribution in [0.5, 0.6) is 0 Å². The van der Waals surface area contributed by atoms with Gasteiger partial charge in [0.1, 0.15) is 0 Å². The van der Waals surface area contributed by atoms with Crippen molar-refractivity contribution >= 4 is 22.9 Å². The van der Waals surface area contributed by atoms with E-state index in [1.165, 1.54) is 22.5 Å². The normalized spacial score (nSPS) is 12.7. The molecular formula is C14H15ClOS. The molecule has 0 saturated heterocycles. The first-order valence-electron chi connectivity index (χ1n) is 5.54. The molecule has 3 heteroatoms. The number of hydrogen-bond acceptors (Lipinski definition) is 2. The molecule has 1 atom stereocenters. The number of rotatable bonds is 3. The highest BCUT2D eigenvalue weighted by Crippen LogP contribution is 2.27. The number of aliphatic hydroxyl groups excluding tert-OH is 1. The van der Waals surface area contributed by atoms with E-state index in [0.717, 1.165) is 10.4 Å². The molecule has 1 aromatic heterocycles. The second-order valence-electron chi connectivity index (χ2n) is 4.31. The minimum Gasteiger partial charge on any atom is -0.387 e. The van der Waals surface area contributed by atoms with Gasteiger partial charge in [-0.05, 0) is 36.6 Å². The number of halogens is 1. The Balaban J connectivity index is 2.12. The quantitative estimate of drug-likeness (QED) is 0.878. The lowest BCUT2D eigenvalue weighted by atomic mass is 10.0. The average molecular weight is 267 g/mol. The van der Waals surface area contributed by atoms with Crippen molar-refractivity contribution in [3.05, 3.63) is 56.2 Å². The summed E-state index contributed by atoms with van der Waals surface area (Å²) in [6, 6.07) is 8.13. The van der Waals surface area contributed by atoms with Crippen LogP contribution in [0.15, 0.2) is 29.6 Å². The smallest absolute Gasteiger partial charge is 0.0922 e. The van der Waals surface area contributed by atoms with E-state index in [1.807, 2.05) is 11.4 Å². The molecule has 0 aliphatic carbocycles. The van der Waals surface area contributed by atoms with E-state index in [1.54, 1.807) is 0 Å². The van der Waals surface area contributed by atoms with Gasteiger partial charge in [0.25, 0.3) is 0 Å². The molecule has 0 amide bonds. The third kappa shape index (κ3) is 3.09. The molecule has 0 aliphatic heterocycles. The molecule has 90 valence electrons. The van der Waals surface area contributed by atoms with Gasteiger partial charge < -0.3 is 5.11 Å². The second kappa shape index (κ2) is 5.21. The zero-order valence-electron chi connectivity index (χ0n) is 9.90. The summed E-state index contributed by atoms with van der Waals surface area (Å²) in [5, 5.41) is 12.6. The van der Waals surface area contributed by atoms with Gasteiger partial charge >= 0.3 is 0 Å². The first-order chi connectivity index (χ1) is 8.06. The molecule has 0 spiro atoms. The molecule has 0 radical (unpaired) electrons. The molecule has 1 nitrogen and oxygen atoms in total. The summed E-state index contributed by atoms with van der Waals surface area (Å²) in [6.07, 6.45) is 0.174. The van der Waals surface area contributed by atoms with Gasteiger partial charge in [0.2, 0.25) is 0 Å². The molecule has 0 aliphatic rings. The number of aryl methyl sites for hydroxylation is 2. The Labute approximate surface area is 111 Å². The highest BCUT2D eigenvalue weighted by atomic mass is 35.5. The van der Waals surface area contributed by atoms with Gasteiger partial charge in [-0.2, -0.15) is 0 Å². The lowest BCUT2D eigenvalue weighted by molar-refractivity contribution is 0.182. The molecular weight excluding hydrogens is 252 g/mol. The molecule has 0 bridgehead atoms. The van der Waals surface area contributed by atoms with Crippen molar-refractivity contribution in [3.63, 3.8) is 0 Å². The van der Waals surface area contributed by atoms with E-state index < -0.39 is 6.10 Å². The molecule has 0 saturated carbocycles. The van der Waals surface area contributed by atoms with Gasteiger partial charge in [-0.1, -0.05) is 29.8 Å². The predicted octanol–water partition coefficient (Wildman–Crippen LogP) is 4.29. The third-order valence-electron chi connectivity index (χ3n) is 2.92. The SMILES string of the molecule is Cc1ccc(CC(O)c2cc(Cl)cs2)cc1C. The Kier molecular flexibility index (Phi) is 3.87. The largest absolute Gasteiger partial charge is 0.387 e. The standard InChI is InChI=1S/C14H15ClOS/c1-9-3-4-11(5-10(9)2)6-13(16)14-7-12(15)8-17-14/h3-5,7-8,13,16H,6H2,1-2H3. The van der Waals surface area contributed by atoms with Crippen LogP contribution in [-0.2, 0) is 6.42 Å². The minimum atomic E-state index is -0.463. The van der Waals surface area contributed by atoms with E-state index in [9.17, 15) is 5.11 Å². The third-order valence-corrected chi connectivity index (χ3v) is 4.30. The van der Waals surface area contributed by atoms with Crippen molar-refractivity contribution in [2.75, 3.05) is 0 Å². The van der Waals surface area contributed by atoms with Crippen molar-refractivity contribution in [2.45, 2.75) is 26.4 Å². The number of benzene rings is 1. The second-order valence-corrected chi connectivity index (χ2v) is 5.69. The first kappa shape index (κ1) is 12.6. The van der Waals surface area contributed by atoms with E-state index in [4.69, 9.17) is 11.6 Å². The van der Waals surface area contributed by atoms with Crippen LogP contribution in [0.2, 0.25) is 5.02 Å². The van der Waals surface area contributed by atoms with Gasteiger partial charge in [0.05, 0.1) is 11.1 Å². The Bertz CT molecular complexity index is 519. The van der Waals surface area contributed by atoms with Crippen LogP contribution >= 0.6 is 22.9 Å². The van der Waals surface area contributed by atoms with Gasteiger partial charge in [-0.3, -0.25) is 0 Å². The average Bonchev–Trinajstić information content (AvgIpc) is 2.70. The van der Waals surface area contributed by atoms with E-state index in [-0.39, 0.29) is 0 Å². The zero-order chi connectivity index (χ0) is 12.4. The van der Waals surface area contributed by atoms with Crippen LogP contribution in [0.1, 0.15) is 27.7 Å². The summed E-state index contributed by atoms with van der Waals surface area (Å²) in [6.45, 7) is 4.18. The molecule has 17 heavy (non-hydrogen) atoms. The Hall–Kier alpha value is -0.830. The fraction of sp³-hybridized carbons (Fsp3) is 0.286. The maximum absolute atomic E-state index is 10.1. The van der Waals surface area contributed by atoms with Crippen LogP contribution in [0.3, 0.4) is 0 Å². The highest BCUT2D eigenvalue weighted by Gasteiger charge is 2.11. The van der Waals surface area contributed by atoms with Crippen LogP contribution in [-0.4, -0.2) is 5.11 Å². The zero-order valence-corrected chi connectivity index (χ0v) is 11.5. The summed E-state index contributed by atoms with van der Waals surface area (Å²) < 4.78 is 0. The number of aliphatic hydroxyl groups is 1. The minimum absolute atomic E-state index is 0.463. The molecule has 1 N–H and O–H groups in total. The number of hydrogen-bond donors (Lipinski definition) is 1. The number of thiophene rings is 1. The van der Waals surface area contributed by atoms with Crippen molar-refractivity contribution in [3.8, 4) is 0 Å². The van der Waals surface area contributed by atoms with Gasteiger partial charge in [0, 0.05) is 16.7 Å². The van der Waals surface area contributed by atoms with Crippen LogP contribution in [0.4, 0.5) is 0 Å². The van der Waals surface area contributed by atoms with Gasteiger partial charge in [-0.15, -0.1) is 11.3 Å². The van der Waals surface area contributed by atoms with E-state index in [0.29, 0.717) is 11.4 Å². The predicted molar refractivity (Wildman–Crippen MR) is 73.9 cm³/mol. The van der Waals surface area contributed by atoms with Crippen molar-refractivity contribution in [1.29, 1.82) is 0 Å². The summed E-state index contributed by atoms with van der Waals surface area (Å²) in [4.78, 5) is 0.924. The molecule has 2 rings (SSSR count). The topological polar surface area (TPSA) is 20.2 Å². The van der Waals surface area contributed by atoms with Crippen molar-refractivity contribution in [2.24, 2.45) is 0 Å². The Morgan fingerprint density at radius 3 is 2.59 bits per heavy atom. The van der Waals surface area contributed by atoms with E-state index in [2.05, 4.69) is 32.0 Å². The molecule has 1 heterocycles. The molecule has 0 fully saturated rings. The highest BCUT2D eigenvalue weighted by molar-refractivity contribution is 7.10. The molecule has 1 aromatic carbocycles. The van der Waals surface area contributed by atoms with Crippen molar-refractivity contribution < 1.29 is 5.11 Å². The first-order valence-corrected chi connectivity index (χ1v) is 6.80. The maximum Gasteiger partial charge on any atom is 0.0922 e. The Morgan fingerprint density at radius 2 is 2.00 bits per heavy atom. The summed E-state index contributed by atoms with van der Waals surface area (Å²) in [5.41, 5.74) is 3.70. The Morgan fingerprint density at radius 1 is 1.24 bits per heavy atom. The fourth-order valence-electron chi connectivity index (χ4n) is 1.76. The summed E-state index contributed by atoms with van der Waals surface area (Å²) in [7, 11) is 0. The van der Waals surface area contributed by atoms with Crippen LogP contribution < -0.4 is 0 Å². The maximum atomic E-state index is 10.1. The molecule has 2 aromatic rings. The van der Waals surface area contributed by atoms with Gasteiger partial charge in [0.15, 0.2) is 0 Å². The van der Waals surface area contributed by atoms with Crippen LogP contribution in [0.25, 0.3) is 0 Å². The summed E-state index contributed by atoms with van der Waals surface area (Å²) in [5.74, 6) is 0. The monoisotopic (exact) mass is 266 g/mol. The lowest BCUT2D eigenvalue weighted by Gasteiger charge is -2.10. The van der Waals surface area contributed by atoms with Crippen molar-refractivity contribution in [1.82, 2.24) is 0 Å².